The van der Waals surface area contributed by atoms with Crippen LogP contribution in [0.25, 0.3) is 22.2 Å². The highest BCUT2D eigenvalue weighted by Gasteiger charge is 2.24. The maximum Gasteiger partial charge on any atom is 0.226 e. The monoisotopic (exact) mass is 569 g/mol. The lowest BCUT2D eigenvalue weighted by Gasteiger charge is -2.23. The van der Waals surface area contributed by atoms with E-state index >= 15 is 0 Å². The van der Waals surface area contributed by atoms with Crippen molar-refractivity contribution < 1.29 is 14.2 Å². The third kappa shape index (κ3) is 5.44. The number of nitrogens with zero attached hydrogens (tertiary/aromatic N) is 3. The van der Waals surface area contributed by atoms with E-state index in [1.54, 1.807) is 0 Å². The van der Waals surface area contributed by atoms with E-state index < -0.39 is 0 Å². The molecule has 6 rings (SSSR count). The van der Waals surface area contributed by atoms with Crippen molar-refractivity contribution in [2.24, 2.45) is 0 Å². The first-order chi connectivity index (χ1) is 18.7. The predicted molar refractivity (Wildman–Crippen MR) is 151 cm³/mol. The Kier molecular flexibility index (Phi) is 7.38. The fraction of sp³-hybridized carbons (Fsp3) is 0.226. The molecule has 0 saturated carbocycles. The van der Waals surface area contributed by atoms with Gasteiger partial charge in [0.1, 0.15) is 18.9 Å². The maximum atomic E-state index is 6.32. The third-order valence-electron chi connectivity index (χ3n) is 6.64. The van der Waals surface area contributed by atoms with Crippen LogP contribution in [0.4, 0.5) is 0 Å². The molecule has 0 radical (unpaired) electrons. The van der Waals surface area contributed by atoms with E-state index in [2.05, 4.69) is 28.1 Å². The Morgan fingerprint density at radius 3 is 2.29 bits per heavy atom. The summed E-state index contributed by atoms with van der Waals surface area (Å²) in [4.78, 5) is 4.79. The molecule has 3 heterocycles. The van der Waals surface area contributed by atoms with E-state index in [0.29, 0.717) is 25.0 Å². The lowest BCUT2D eigenvalue weighted by Crippen LogP contribution is -2.19. The zero-order valence-electron chi connectivity index (χ0n) is 20.9. The van der Waals surface area contributed by atoms with Crippen molar-refractivity contribution in [1.29, 1.82) is 0 Å². The van der Waals surface area contributed by atoms with E-state index in [0.717, 1.165) is 63.6 Å². The zero-order chi connectivity index (χ0) is 25.7. The highest BCUT2D eigenvalue weighted by Crippen LogP contribution is 2.38. The number of fused-ring (bicyclic) bond motifs is 1. The summed E-state index contributed by atoms with van der Waals surface area (Å²) in [5.41, 5.74) is 4.78. The molecule has 0 bridgehead atoms. The average Bonchev–Trinajstić information content (AvgIpc) is 3.35. The van der Waals surface area contributed by atoms with Crippen LogP contribution in [-0.2, 0) is 18.0 Å². The summed E-state index contributed by atoms with van der Waals surface area (Å²) in [6, 6.07) is 30.2. The Labute approximate surface area is 230 Å². The number of pyridine rings is 1. The maximum absolute atomic E-state index is 6.32. The number of aromatic nitrogens is 3. The molecule has 0 N–H and O–H groups in total. The van der Waals surface area contributed by atoms with Gasteiger partial charge in [0, 0.05) is 22.5 Å². The Bertz CT molecular complexity index is 1520. The topological polar surface area (TPSA) is 58.4 Å². The van der Waals surface area contributed by atoms with Crippen LogP contribution in [0.1, 0.15) is 36.6 Å². The summed E-state index contributed by atoms with van der Waals surface area (Å²) >= 11 is 3.63. The van der Waals surface area contributed by atoms with Gasteiger partial charge in [0.2, 0.25) is 11.8 Å². The van der Waals surface area contributed by atoms with Gasteiger partial charge in [0.05, 0.1) is 11.1 Å². The number of ether oxygens (including phenoxy) is 3. The molecule has 1 atom stereocenters. The first-order valence-corrected chi connectivity index (χ1v) is 13.7. The Morgan fingerprint density at radius 1 is 0.842 bits per heavy atom. The molecular formula is C31H28BrN3O3. The van der Waals surface area contributed by atoms with E-state index in [9.17, 15) is 0 Å². The van der Waals surface area contributed by atoms with Gasteiger partial charge in [-0.2, -0.15) is 10.1 Å². The molecule has 0 amide bonds. The zero-order valence-corrected chi connectivity index (χ0v) is 22.5. The SMILES string of the molecule is Brc1ccc2c(-c3ccc(OCc4ccccc4)nc3OCc3ccccc3)nn(C3CCCCO3)c2c1. The van der Waals surface area contributed by atoms with Crippen LogP contribution in [-0.4, -0.2) is 21.4 Å². The first-order valence-electron chi connectivity index (χ1n) is 12.9. The highest BCUT2D eigenvalue weighted by atomic mass is 79.9. The molecule has 1 unspecified atom stereocenters. The second-order valence-corrected chi connectivity index (χ2v) is 10.2. The molecule has 192 valence electrons. The van der Waals surface area contributed by atoms with Crippen molar-refractivity contribution in [3.05, 3.63) is 107 Å². The summed E-state index contributed by atoms with van der Waals surface area (Å²) in [5.74, 6) is 0.987. The molecule has 1 saturated heterocycles. The molecular weight excluding hydrogens is 542 g/mol. The highest BCUT2D eigenvalue weighted by molar-refractivity contribution is 9.10. The molecule has 1 aliphatic heterocycles. The van der Waals surface area contributed by atoms with Crippen LogP contribution in [0.15, 0.2) is 95.5 Å². The molecule has 1 aliphatic rings. The molecule has 5 aromatic rings. The number of rotatable bonds is 8. The van der Waals surface area contributed by atoms with Crippen LogP contribution in [0, 0.1) is 0 Å². The van der Waals surface area contributed by atoms with Gasteiger partial charge in [-0.15, -0.1) is 0 Å². The van der Waals surface area contributed by atoms with Crippen molar-refractivity contribution in [2.45, 2.75) is 38.7 Å². The van der Waals surface area contributed by atoms with Gasteiger partial charge in [-0.1, -0.05) is 76.6 Å². The van der Waals surface area contributed by atoms with Gasteiger partial charge in [0.15, 0.2) is 6.23 Å². The van der Waals surface area contributed by atoms with E-state index in [4.69, 9.17) is 24.3 Å². The lowest BCUT2D eigenvalue weighted by atomic mass is 10.1. The average molecular weight is 570 g/mol. The van der Waals surface area contributed by atoms with E-state index in [1.165, 1.54) is 0 Å². The third-order valence-corrected chi connectivity index (χ3v) is 7.13. The van der Waals surface area contributed by atoms with Crippen molar-refractivity contribution in [3.63, 3.8) is 0 Å². The Morgan fingerprint density at radius 2 is 1.58 bits per heavy atom. The van der Waals surface area contributed by atoms with Crippen molar-refractivity contribution >= 4 is 26.8 Å². The Balaban J connectivity index is 1.39. The molecule has 7 heteroatoms. The van der Waals surface area contributed by atoms with Gasteiger partial charge < -0.3 is 14.2 Å². The van der Waals surface area contributed by atoms with Gasteiger partial charge in [-0.3, -0.25) is 0 Å². The summed E-state index contributed by atoms with van der Waals surface area (Å²) in [5, 5.41) is 6.09. The quantitative estimate of drug-likeness (QED) is 0.191. The van der Waals surface area contributed by atoms with Crippen LogP contribution >= 0.6 is 15.9 Å². The molecule has 6 nitrogen and oxygen atoms in total. The Hall–Kier alpha value is -3.68. The fourth-order valence-electron chi connectivity index (χ4n) is 4.70. The van der Waals surface area contributed by atoms with Gasteiger partial charge in [-0.05, 0) is 54.7 Å². The largest absolute Gasteiger partial charge is 0.473 e. The lowest BCUT2D eigenvalue weighted by molar-refractivity contribution is -0.0365. The molecule has 38 heavy (non-hydrogen) atoms. The minimum Gasteiger partial charge on any atom is -0.473 e. The van der Waals surface area contributed by atoms with Crippen LogP contribution in [0.3, 0.4) is 0 Å². The van der Waals surface area contributed by atoms with Gasteiger partial charge in [0.25, 0.3) is 0 Å². The minimum atomic E-state index is -0.0931. The second kappa shape index (κ2) is 11.4. The van der Waals surface area contributed by atoms with Crippen LogP contribution < -0.4 is 9.47 Å². The van der Waals surface area contributed by atoms with E-state index in [-0.39, 0.29) is 6.23 Å². The standard InChI is InChI=1S/C31H28BrN3O3/c32-24-14-15-25-27(19-24)35(29-13-7-8-18-36-29)34-30(25)26-16-17-28(37-20-22-9-3-1-4-10-22)33-31(26)38-21-23-11-5-2-6-12-23/h1-6,9-12,14-17,19,29H,7-8,13,18,20-21H2. The molecule has 0 spiro atoms. The molecule has 0 aliphatic carbocycles. The summed E-state index contributed by atoms with van der Waals surface area (Å²) < 4.78 is 21.5. The van der Waals surface area contributed by atoms with Crippen molar-refractivity contribution in [3.8, 4) is 23.0 Å². The number of halogens is 1. The van der Waals surface area contributed by atoms with Gasteiger partial charge in [-0.25, -0.2) is 4.68 Å². The number of hydrogen-bond acceptors (Lipinski definition) is 5. The first kappa shape index (κ1) is 24.6. The van der Waals surface area contributed by atoms with Crippen LogP contribution in [0.5, 0.6) is 11.8 Å². The smallest absolute Gasteiger partial charge is 0.226 e. The predicted octanol–water partition coefficient (Wildman–Crippen LogP) is 7.72. The molecule has 2 aromatic heterocycles. The normalized spacial score (nSPS) is 15.4. The van der Waals surface area contributed by atoms with E-state index in [1.807, 2.05) is 83.5 Å². The summed E-state index contributed by atoms with van der Waals surface area (Å²) in [7, 11) is 0. The van der Waals surface area contributed by atoms with Crippen LogP contribution in [0.2, 0.25) is 0 Å². The minimum absolute atomic E-state index is 0.0931. The summed E-state index contributed by atoms with van der Waals surface area (Å²) in [6.07, 6.45) is 3.04. The second-order valence-electron chi connectivity index (χ2n) is 9.33. The van der Waals surface area contributed by atoms with Gasteiger partial charge >= 0.3 is 0 Å². The van der Waals surface area contributed by atoms with Crippen molar-refractivity contribution in [1.82, 2.24) is 14.8 Å². The fourth-order valence-corrected chi connectivity index (χ4v) is 5.05. The number of hydrogen-bond donors (Lipinski definition) is 0. The van der Waals surface area contributed by atoms with Crippen molar-refractivity contribution in [2.75, 3.05) is 6.61 Å². The number of benzene rings is 3. The molecule has 3 aromatic carbocycles. The summed E-state index contributed by atoms with van der Waals surface area (Å²) in [6.45, 7) is 1.56. The molecule has 1 fully saturated rings.